The van der Waals surface area contributed by atoms with E-state index in [4.69, 9.17) is 14.8 Å². The number of ether oxygens (including phenoxy) is 1. The van der Waals surface area contributed by atoms with Crippen LogP contribution in [0.5, 0.6) is 5.75 Å². The van der Waals surface area contributed by atoms with E-state index in [0.717, 1.165) is 60.2 Å². The molecular formula is C25H35N7O. The summed E-state index contributed by atoms with van der Waals surface area (Å²) in [6.45, 7) is 9.49. The number of hydrogen-bond acceptors (Lipinski definition) is 6. The van der Waals surface area contributed by atoms with Crippen molar-refractivity contribution in [1.29, 1.82) is 0 Å². The summed E-state index contributed by atoms with van der Waals surface area (Å²) in [4.78, 5) is 11.8. The van der Waals surface area contributed by atoms with Gasteiger partial charge in [0.1, 0.15) is 5.75 Å². The third kappa shape index (κ3) is 5.31. The van der Waals surface area contributed by atoms with E-state index in [2.05, 4.69) is 33.7 Å². The zero-order chi connectivity index (χ0) is 22.9. The molecule has 176 valence electrons. The number of anilines is 3. The van der Waals surface area contributed by atoms with Gasteiger partial charge in [-0.3, -0.25) is 0 Å². The minimum Gasteiger partial charge on any atom is -0.494 e. The average Bonchev–Trinajstić information content (AvgIpc) is 3.70. The highest BCUT2D eigenvalue weighted by atomic mass is 16.5. The predicted molar refractivity (Wildman–Crippen MR) is 131 cm³/mol. The summed E-state index contributed by atoms with van der Waals surface area (Å²) in [5.41, 5.74) is 2.81. The topological polar surface area (TPSA) is 73.0 Å². The molecule has 0 atom stereocenters. The Morgan fingerprint density at radius 3 is 2.45 bits per heavy atom. The fraction of sp³-hybridized carbons (Fsp3) is 0.560. The van der Waals surface area contributed by atoms with Gasteiger partial charge in [-0.05, 0) is 62.5 Å². The monoisotopic (exact) mass is 449 g/mol. The maximum absolute atomic E-state index is 5.67. The highest BCUT2D eigenvalue weighted by Gasteiger charge is 2.32. The number of nitrogens with one attached hydrogen (secondary N) is 1. The molecule has 2 aliphatic rings. The zero-order valence-electron chi connectivity index (χ0n) is 20.2. The lowest BCUT2D eigenvalue weighted by atomic mass is 10.2. The van der Waals surface area contributed by atoms with Crippen molar-refractivity contribution in [3.8, 4) is 11.4 Å². The molecule has 2 aliphatic carbocycles. The molecule has 0 radical (unpaired) electrons. The molecule has 33 heavy (non-hydrogen) atoms. The SMILES string of the molecule is COc1cc(Nc2nc(N(CC3CC3)CC3CC3)n(CC(C)C)n2)ccc1-n1cnc(C)c1. The van der Waals surface area contributed by atoms with E-state index in [1.165, 1.54) is 25.7 Å². The molecule has 0 aliphatic heterocycles. The van der Waals surface area contributed by atoms with E-state index < -0.39 is 0 Å². The van der Waals surface area contributed by atoms with Crippen molar-refractivity contribution in [2.75, 3.05) is 30.4 Å². The van der Waals surface area contributed by atoms with Gasteiger partial charge in [0.2, 0.25) is 11.9 Å². The lowest BCUT2D eigenvalue weighted by Crippen LogP contribution is -2.31. The number of methoxy groups -OCH3 is 1. The molecule has 3 aromatic rings. The molecule has 2 aromatic heterocycles. The maximum Gasteiger partial charge on any atom is 0.248 e. The first-order chi connectivity index (χ1) is 16.0. The van der Waals surface area contributed by atoms with Gasteiger partial charge in [0, 0.05) is 37.6 Å². The zero-order valence-corrected chi connectivity index (χ0v) is 20.2. The van der Waals surface area contributed by atoms with Crippen LogP contribution in [0.25, 0.3) is 5.69 Å². The van der Waals surface area contributed by atoms with Crippen LogP contribution in [0.15, 0.2) is 30.7 Å². The second-order valence-electron chi connectivity index (χ2n) is 10.0. The summed E-state index contributed by atoms with van der Waals surface area (Å²) >= 11 is 0. The van der Waals surface area contributed by atoms with Gasteiger partial charge in [-0.2, -0.15) is 4.98 Å². The Hall–Kier alpha value is -3.03. The first-order valence-corrected chi connectivity index (χ1v) is 12.1. The number of aryl methyl sites for hydroxylation is 1. The van der Waals surface area contributed by atoms with Crippen LogP contribution < -0.4 is 15.0 Å². The Labute approximate surface area is 196 Å². The van der Waals surface area contributed by atoms with Crippen LogP contribution >= 0.6 is 0 Å². The molecule has 0 saturated heterocycles. The summed E-state index contributed by atoms with van der Waals surface area (Å²) < 4.78 is 9.73. The third-order valence-electron chi connectivity index (χ3n) is 6.25. The van der Waals surface area contributed by atoms with Crippen molar-refractivity contribution in [2.24, 2.45) is 17.8 Å². The molecule has 1 N–H and O–H groups in total. The number of imidazole rings is 1. The molecule has 5 rings (SSSR count). The lowest BCUT2D eigenvalue weighted by molar-refractivity contribution is 0.413. The molecule has 2 heterocycles. The maximum atomic E-state index is 5.67. The Kier molecular flexibility index (Phi) is 6.00. The van der Waals surface area contributed by atoms with Crippen molar-refractivity contribution in [1.82, 2.24) is 24.3 Å². The fourth-order valence-corrected chi connectivity index (χ4v) is 4.20. The summed E-state index contributed by atoms with van der Waals surface area (Å²) in [6, 6.07) is 6.04. The summed E-state index contributed by atoms with van der Waals surface area (Å²) in [6.07, 6.45) is 9.15. The number of hydrogen-bond donors (Lipinski definition) is 1. The second-order valence-corrected chi connectivity index (χ2v) is 10.0. The van der Waals surface area contributed by atoms with Gasteiger partial charge in [0.25, 0.3) is 0 Å². The van der Waals surface area contributed by atoms with Crippen LogP contribution in [0.4, 0.5) is 17.6 Å². The summed E-state index contributed by atoms with van der Waals surface area (Å²) in [7, 11) is 1.69. The standard InChI is InChI=1S/C25H35N7O/c1-17(2)12-32-25(30(14-19-5-6-19)15-20-7-8-20)28-24(29-32)27-21-9-10-22(23(11-21)33-4)31-13-18(3)26-16-31/h9-11,13,16-17,19-20H,5-8,12,14-15H2,1-4H3,(H,27,29). The smallest absolute Gasteiger partial charge is 0.248 e. The minimum absolute atomic E-state index is 0.500. The van der Waals surface area contributed by atoms with Gasteiger partial charge in [0.15, 0.2) is 0 Å². The van der Waals surface area contributed by atoms with Gasteiger partial charge in [0.05, 0.1) is 24.8 Å². The van der Waals surface area contributed by atoms with E-state index >= 15 is 0 Å². The molecule has 0 amide bonds. The van der Waals surface area contributed by atoms with Crippen LogP contribution in [-0.2, 0) is 6.54 Å². The number of rotatable bonds is 11. The second kappa shape index (κ2) is 9.08. The van der Waals surface area contributed by atoms with Gasteiger partial charge in [-0.1, -0.05) is 13.8 Å². The quantitative estimate of drug-likeness (QED) is 0.453. The van der Waals surface area contributed by atoms with E-state index in [-0.39, 0.29) is 0 Å². The van der Waals surface area contributed by atoms with E-state index in [0.29, 0.717) is 11.9 Å². The van der Waals surface area contributed by atoms with E-state index in [1.54, 1.807) is 13.4 Å². The molecule has 0 unspecified atom stereocenters. The van der Waals surface area contributed by atoms with Crippen molar-refractivity contribution in [2.45, 2.75) is 53.0 Å². The minimum atomic E-state index is 0.500. The van der Waals surface area contributed by atoms with Crippen LogP contribution in [-0.4, -0.2) is 44.5 Å². The molecule has 1 aromatic carbocycles. The Morgan fingerprint density at radius 2 is 1.88 bits per heavy atom. The van der Waals surface area contributed by atoms with Crippen molar-refractivity contribution in [3.05, 3.63) is 36.4 Å². The van der Waals surface area contributed by atoms with Gasteiger partial charge >= 0.3 is 0 Å². The molecule has 8 heteroatoms. The van der Waals surface area contributed by atoms with Crippen LogP contribution in [0, 0.1) is 24.7 Å². The average molecular weight is 450 g/mol. The molecule has 2 fully saturated rings. The Balaban J connectivity index is 1.40. The Morgan fingerprint density at radius 1 is 1.15 bits per heavy atom. The molecular weight excluding hydrogens is 414 g/mol. The molecule has 2 saturated carbocycles. The highest BCUT2D eigenvalue weighted by Crippen LogP contribution is 2.36. The van der Waals surface area contributed by atoms with Crippen LogP contribution in [0.2, 0.25) is 0 Å². The van der Waals surface area contributed by atoms with Gasteiger partial charge in [-0.15, -0.1) is 5.10 Å². The number of benzene rings is 1. The van der Waals surface area contributed by atoms with Gasteiger partial charge < -0.3 is 19.5 Å². The fourth-order valence-electron chi connectivity index (χ4n) is 4.20. The normalized spacial score (nSPS) is 15.8. The van der Waals surface area contributed by atoms with E-state index in [9.17, 15) is 0 Å². The third-order valence-corrected chi connectivity index (χ3v) is 6.25. The van der Waals surface area contributed by atoms with Crippen molar-refractivity contribution >= 4 is 17.6 Å². The number of aromatic nitrogens is 5. The highest BCUT2D eigenvalue weighted by molar-refractivity contribution is 5.62. The van der Waals surface area contributed by atoms with Crippen molar-refractivity contribution in [3.63, 3.8) is 0 Å². The molecule has 0 bridgehead atoms. The van der Waals surface area contributed by atoms with E-state index in [1.807, 2.05) is 35.9 Å². The summed E-state index contributed by atoms with van der Waals surface area (Å²) in [5, 5.41) is 8.27. The van der Waals surface area contributed by atoms with Crippen LogP contribution in [0.1, 0.15) is 45.2 Å². The summed E-state index contributed by atoms with van der Waals surface area (Å²) in [5.74, 6) is 4.53. The largest absolute Gasteiger partial charge is 0.494 e. The Bertz CT molecular complexity index is 1080. The molecule has 0 spiro atoms. The predicted octanol–water partition coefficient (Wildman–Crippen LogP) is 4.81. The lowest BCUT2D eigenvalue weighted by Gasteiger charge is -2.24. The number of nitrogens with zero attached hydrogens (tertiary/aromatic N) is 6. The molecule has 8 nitrogen and oxygen atoms in total. The van der Waals surface area contributed by atoms with Gasteiger partial charge in [-0.25, -0.2) is 9.67 Å². The van der Waals surface area contributed by atoms with Crippen molar-refractivity contribution < 1.29 is 4.74 Å². The first kappa shape index (κ1) is 21.8. The first-order valence-electron chi connectivity index (χ1n) is 12.1. The van der Waals surface area contributed by atoms with Crippen LogP contribution in [0.3, 0.4) is 0 Å².